The van der Waals surface area contributed by atoms with E-state index in [0.29, 0.717) is 10.9 Å². The Morgan fingerprint density at radius 1 is 1.15 bits per heavy atom. The number of rotatable bonds is 10. The van der Waals surface area contributed by atoms with Crippen molar-refractivity contribution in [3.05, 3.63) is 30.3 Å². The molecule has 1 rings (SSSR count). The molecule has 1 aromatic carbocycles. The topological polar surface area (TPSA) is 81.0 Å². The Morgan fingerprint density at radius 2 is 1.77 bits per heavy atom. The van der Waals surface area contributed by atoms with Gasteiger partial charge in [-0.1, -0.05) is 44.9 Å². The first kappa shape index (κ1) is 25.0. The van der Waals surface area contributed by atoms with E-state index < -0.39 is 10.1 Å². The summed E-state index contributed by atoms with van der Waals surface area (Å²) in [4.78, 5) is -0.185. The van der Waals surface area contributed by atoms with Gasteiger partial charge in [-0.25, -0.2) is 8.42 Å². The van der Waals surface area contributed by atoms with Gasteiger partial charge in [0.05, 0.1) is 16.9 Å². The molecule has 3 atom stereocenters. The lowest BCUT2D eigenvalue weighted by Gasteiger charge is -2.15. The maximum absolute atomic E-state index is 10.3. The van der Waals surface area contributed by atoms with Crippen molar-refractivity contribution < 1.29 is 13.0 Å². The molecule has 0 aliphatic carbocycles. The molecule has 0 saturated carbocycles. The standard InChI is InChI=1S/C14H28NS.C6H6O3S/c1-5-8-9-14(6-2)12-16(7-3)11-13(4)10-15;7-10(8,9)6-4-2-1-3-5-6/h13-14H,5-9,11-12H2,1-4H3;1-5H,(H,7,8,9)/q+1;/p-1. The van der Waals surface area contributed by atoms with Gasteiger partial charge in [0.25, 0.3) is 0 Å². The summed E-state index contributed by atoms with van der Waals surface area (Å²) in [5.41, 5.74) is 0. The predicted octanol–water partition coefficient (Wildman–Crippen LogP) is 4.59. The Bertz CT molecular complexity index is 612. The SMILES string of the molecule is CCCCC(CC)C[S+](CC)CC(C)C#N.O=S(=O)([O-])c1ccccc1. The van der Waals surface area contributed by atoms with Crippen LogP contribution in [0.1, 0.15) is 53.4 Å². The second-order valence-corrected chi connectivity index (χ2v) is 10.3. The van der Waals surface area contributed by atoms with Gasteiger partial charge < -0.3 is 4.55 Å². The normalized spacial score (nSPS) is 14.5. The zero-order valence-electron chi connectivity index (χ0n) is 16.5. The summed E-state index contributed by atoms with van der Waals surface area (Å²) in [5, 5.41) is 8.87. The highest BCUT2D eigenvalue weighted by atomic mass is 32.2. The summed E-state index contributed by atoms with van der Waals surface area (Å²) >= 11 is 0. The van der Waals surface area contributed by atoms with Gasteiger partial charge in [0.2, 0.25) is 0 Å². The number of unbranched alkanes of at least 4 members (excludes halogenated alkanes) is 1. The molecule has 0 bridgehead atoms. The van der Waals surface area contributed by atoms with E-state index in [4.69, 9.17) is 5.26 Å². The van der Waals surface area contributed by atoms with Crippen LogP contribution in [0.25, 0.3) is 0 Å². The van der Waals surface area contributed by atoms with Crippen LogP contribution >= 0.6 is 0 Å². The average Bonchev–Trinajstić information content (AvgIpc) is 2.64. The van der Waals surface area contributed by atoms with Gasteiger partial charge >= 0.3 is 0 Å². The van der Waals surface area contributed by atoms with Crippen LogP contribution in [0.4, 0.5) is 0 Å². The van der Waals surface area contributed by atoms with Crippen LogP contribution in [0.3, 0.4) is 0 Å². The zero-order chi connectivity index (χ0) is 20.0. The van der Waals surface area contributed by atoms with Crippen LogP contribution in [-0.4, -0.2) is 30.2 Å². The molecule has 148 valence electrons. The van der Waals surface area contributed by atoms with Gasteiger partial charge in [-0.2, -0.15) is 5.26 Å². The molecule has 4 nitrogen and oxygen atoms in total. The molecular formula is C20H33NO3S2. The van der Waals surface area contributed by atoms with Crippen LogP contribution in [0.2, 0.25) is 0 Å². The second kappa shape index (κ2) is 14.1. The summed E-state index contributed by atoms with van der Waals surface area (Å²) in [6.07, 6.45) is 5.38. The van der Waals surface area contributed by atoms with Gasteiger partial charge in [-0.3, -0.25) is 0 Å². The summed E-state index contributed by atoms with van der Waals surface area (Å²) in [6.45, 7) is 8.91. The zero-order valence-corrected chi connectivity index (χ0v) is 18.1. The predicted molar refractivity (Wildman–Crippen MR) is 110 cm³/mol. The number of hydrogen-bond donors (Lipinski definition) is 0. The van der Waals surface area contributed by atoms with E-state index in [0.717, 1.165) is 11.7 Å². The van der Waals surface area contributed by atoms with Crippen LogP contribution < -0.4 is 0 Å². The third kappa shape index (κ3) is 11.6. The van der Waals surface area contributed by atoms with E-state index in [-0.39, 0.29) is 10.8 Å². The van der Waals surface area contributed by atoms with Crippen molar-refractivity contribution in [3.8, 4) is 6.07 Å². The van der Waals surface area contributed by atoms with Crippen molar-refractivity contribution in [1.29, 1.82) is 5.26 Å². The maximum Gasteiger partial charge on any atom is 0.124 e. The lowest BCUT2D eigenvalue weighted by molar-refractivity contribution is 0.463. The third-order valence-corrected chi connectivity index (χ3v) is 7.74. The quantitative estimate of drug-likeness (QED) is 0.425. The van der Waals surface area contributed by atoms with Gasteiger partial charge in [0.15, 0.2) is 0 Å². The highest BCUT2D eigenvalue weighted by molar-refractivity contribution is 7.96. The van der Waals surface area contributed by atoms with E-state index >= 15 is 0 Å². The molecule has 1 aromatic rings. The van der Waals surface area contributed by atoms with E-state index in [9.17, 15) is 13.0 Å². The molecule has 0 N–H and O–H groups in total. The molecule has 26 heavy (non-hydrogen) atoms. The Balaban J connectivity index is 0.000000531. The summed E-state index contributed by atoms with van der Waals surface area (Å²) in [6, 6.07) is 9.56. The fourth-order valence-electron chi connectivity index (χ4n) is 2.51. The van der Waals surface area contributed by atoms with Gasteiger partial charge in [-0.05, 0) is 49.7 Å². The minimum absolute atomic E-state index is 0.185. The van der Waals surface area contributed by atoms with Crippen molar-refractivity contribution in [3.63, 3.8) is 0 Å². The molecule has 0 aliphatic rings. The second-order valence-electron chi connectivity index (χ2n) is 6.45. The largest absolute Gasteiger partial charge is 0.744 e. The van der Waals surface area contributed by atoms with E-state index in [1.165, 1.54) is 61.5 Å². The molecule has 0 aliphatic heterocycles. The lowest BCUT2D eigenvalue weighted by atomic mass is 10.0. The molecular weight excluding hydrogens is 366 g/mol. The number of nitriles is 1. The first-order chi connectivity index (χ1) is 12.3. The van der Waals surface area contributed by atoms with Crippen molar-refractivity contribution in [2.75, 3.05) is 17.3 Å². The van der Waals surface area contributed by atoms with E-state index in [1.54, 1.807) is 6.07 Å². The molecule has 0 heterocycles. The monoisotopic (exact) mass is 399 g/mol. The molecule has 3 unspecified atom stereocenters. The number of benzene rings is 1. The van der Waals surface area contributed by atoms with E-state index in [2.05, 4.69) is 33.8 Å². The first-order valence-electron chi connectivity index (χ1n) is 9.32. The molecule has 0 amide bonds. The average molecular weight is 400 g/mol. The summed E-state index contributed by atoms with van der Waals surface area (Å²) in [5.74, 6) is 4.88. The summed E-state index contributed by atoms with van der Waals surface area (Å²) in [7, 11) is -3.77. The highest BCUT2D eigenvalue weighted by Crippen LogP contribution is 2.18. The molecule has 0 saturated heterocycles. The van der Waals surface area contributed by atoms with Crippen molar-refractivity contribution in [1.82, 2.24) is 0 Å². The van der Waals surface area contributed by atoms with Crippen LogP contribution in [0, 0.1) is 23.2 Å². The first-order valence-corrected chi connectivity index (χ1v) is 12.5. The number of nitrogens with zero attached hydrogens (tertiary/aromatic N) is 1. The lowest BCUT2D eigenvalue weighted by Crippen LogP contribution is -2.24. The van der Waals surface area contributed by atoms with Crippen molar-refractivity contribution in [2.45, 2.75) is 58.3 Å². The highest BCUT2D eigenvalue weighted by Gasteiger charge is 2.23. The van der Waals surface area contributed by atoms with Gasteiger partial charge in [0, 0.05) is 5.92 Å². The maximum atomic E-state index is 10.3. The smallest absolute Gasteiger partial charge is 0.124 e. The minimum Gasteiger partial charge on any atom is -0.744 e. The van der Waals surface area contributed by atoms with Crippen LogP contribution in [-0.2, 0) is 21.0 Å². The molecule has 0 aromatic heterocycles. The fraction of sp³-hybridized carbons (Fsp3) is 0.650. The summed E-state index contributed by atoms with van der Waals surface area (Å²) < 4.78 is 30.8. The Hall–Kier alpha value is -1.03. The molecule has 0 radical (unpaired) electrons. The fourth-order valence-corrected chi connectivity index (χ4v) is 5.46. The van der Waals surface area contributed by atoms with Crippen LogP contribution in [0.15, 0.2) is 35.2 Å². The van der Waals surface area contributed by atoms with E-state index in [1.807, 2.05) is 0 Å². The molecule has 0 fully saturated rings. The third-order valence-electron chi connectivity index (χ3n) is 4.16. The Kier molecular flexibility index (Phi) is 13.5. The van der Waals surface area contributed by atoms with Crippen molar-refractivity contribution >= 4 is 21.0 Å². The Morgan fingerprint density at radius 3 is 2.15 bits per heavy atom. The minimum atomic E-state index is -4.25. The number of hydrogen-bond acceptors (Lipinski definition) is 4. The van der Waals surface area contributed by atoms with Gasteiger partial charge in [-0.15, -0.1) is 0 Å². The van der Waals surface area contributed by atoms with Gasteiger partial charge in [0.1, 0.15) is 27.4 Å². The van der Waals surface area contributed by atoms with Crippen molar-refractivity contribution in [2.24, 2.45) is 11.8 Å². The Labute approximate surface area is 163 Å². The molecule has 0 spiro atoms. The van der Waals surface area contributed by atoms with Crippen LogP contribution in [0.5, 0.6) is 0 Å². The molecule has 6 heteroatoms.